The molecule has 6 nitrogen and oxygen atoms in total. The number of hydrogen-bond acceptors (Lipinski definition) is 5. The topological polar surface area (TPSA) is 85.8 Å². The molecule has 1 amide bonds. The highest BCUT2D eigenvalue weighted by Crippen LogP contribution is 2.30. The first kappa shape index (κ1) is 19.0. The van der Waals surface area contributed by atoms with Crippen LogP contribution in [-0.4, -0.2) is 32.6 Å². The Hall–Kier alpha value is -2.30. The molecule has 25 heavy (non-hydrogen) atoms. The smallest absolute Gasteiger partial charge is 0.355 e. The Bertz CT molecular complexity index is 732. The predicted octanol–water partition coefficient (Wildman–Crippen LogP) is 1.99. The number of nitrogen functional groups attached to an aromatic ring is 1. The fourth-order valence-corrected chi connectivity index (χ4v) is 2.68. The van der Waals surface area contributed by atoms with Crippen LogP contribution in [0.25, 0.3) is 0 Å². The first-order valence-corrected chi connectivity index (χ1v) is 8.03. The Morgan fingerprint density at radius 1 is 1.32 bits per heavy atom. The van der Waals surface area contributed by atoms with Crippen molar-refractivity contribution in [2.24, 2.45) is 0 Å². The van der Waals surface area contributed by atoms with Crippen LogP contribution in [0.3, 0.4) is 0 Å². The number of amides is 1. The van der Waals surface area contributed by atoms with Gasteiger partial charge in [-0.3, -0.25) is 4.79 Å². The molecule has 0 radical (unpaired) electrons. The molecule has 2 rings (SSSR count). The summed E-state index contributed by atoms with van der Waals surface area (Å²) in [5.41, 5.74) is 0.846. The maximum Gasteiger partial charge on any atom is 0.453 e. The number of hydrogen-bond donors (Lipinski definition) is 2. The van der Waals surface area contributed by atoms with Crippen LogP contribution in [0.2, 0.25) is 0 Å². The third kappa shape index (κ3) is 5.08. The van der Waals surface area contributed by atoms with E-state index in [-0.39, 0.29) is 16.9 Å². The zero-order chi connectivity index (χ0) is 18.6. The molecule has 0 fully saturated rings. The monoisotopic (exact) mass is 377 g/mol. The van der Waals surface area contributed by atoms with E-state index < -0.39 is 17.3 Å². The zero-order valence-electron chi connectivity index (χ0n) is 13.0. The molecule has 3 N–H and O–H groups in total. The molecule has 1 aromatic heterocycles. The Balaban J connectivity index is 1.86. The molecule has 1 heterocycles. The van der Waals surface area contributed by atoms with Crippen LogP contribution in [-0.2, 0) is 17.4 Å². The zero-order valence-corrected chi connectivity index (χ0v) is 13.9. The van der Waals surface area contributed by atoms with Crippen LogP contribution < -0.4 is 11.2 Å². The number of benzene rings is 1. The number of carbonyl (C=O) groups excluding carboxylic acids is 1. The molecule has 0 saturated carbocycles. The summed E-state index contributed by atoms with van der Waals surface area (Å²) < 4.78 is 50.9. The van der Waals surface area contributed by atoms with E-state index in [4.69, 9.17) is 5.84 Å². The predicted molar refractivity (Wildman–Crippen MR) is 83.6 cm³/mol. The summed E-state index contributed by atoms with van der Waals surface area (Å²) in [7, 11) is 0. The molecule has 0 aliphatic heterocycles. The fraction of sp³-hybridized carbons (Fsp3) is 0.357. The molecule has 0 unspecified atom stereocenters. The van der Waals surface area contributed by atoms with E-state index in [1.54, 1.807) is 12.1 Å². The molecule has 0 aliphatic rings. The highest BCUT2D eigenvalue weighted by atomic mass is 32.2. The Kier molecular flexibility index (Phi) is 5.88. The summed E-state index contributed by atoms with van der Waals surface area (Å²) in [6, 6.07) is 5.86. The molecule has 2 aromatic rings. The lowest BCUT2D eigenvalue weighted by Gasteiger charge is -2.12. The van der Waals surface area contributed by atoms with Gasteiger partial charge in [-0.1, -0.05) is 23.9 Å². The van der Waals surface area contributed by atoms with Crippen LogP contribution in [0.15, 0.2) is 29.4 Å². The number of alkyl halides is 3. The molecular weight excluding hydrogens is 362 g/mol. The van der Waals surface area contributed by atoms with Gasteiger partial charge in [0.1, 0.15) is 5.82 Å². The summed E-state index contributed by atoms with van der Waals surface area (Å²) in [5, 5.41) is 8.06. The maximum atomic E-state index is 12.8. The molecule has 0 saturated heterocycles. The standard InChI is InChI=1S/C14H15F4N5OS/c1-8(25-13-22-21-12(23(13)19)14(16,17)18)11(24)20-7-6-9-2-4-10(15)5-3-9/h2-5,8H,6-7,19H2,1H3,(H,20,24)/t8-/m0/s1. The van der Waals surface area contributed by atoms with E-state index in [2.05, 4.69) is 15.5 Å². The number of nitrogens with one attached hydrogen (secondary N) is 1. The molecule has 1 aromatic carbocycles. The number of aromatic nitrogens is 3. The van der Waals surface area contributed by atoms with Crippen molar-refractivity contribution in [3.05, 3.63) is 41.5 Å². The Labute approximate surface area is 144 Å². The summed E-state index contributed by atoms with van der Waals surface area (Å²) >= 11 is 0.766. The largest absolute Gasteiger partial charge is 0.453 e. The van der Waals surface area contributed by atoms with Gasteiger partial charge in [-0.2, -0.15) is 13.2 Å². The summed E-state index contributed by atoms with van der Waals surface area (Å²) in [5.74, 6) is 3.25. The SMILES string of the molecule is C[C@H](Sc1nnc(C(F)(F)F)n1N)C(=O)NCCc1ccc(F)cc1. The summed E-state index contributed by atoms with van der Waals surface area (Å²) in [6.07, 6.45) is -4.23. The van der Waals surface area contributed by atoms with Gasteiger partial charge in [0.05, 0.1) is 5.25 Å². The van der Waals surface area contributed by atoms with Crippen molar-refractivity contribution in [1.82, 2.24) is 20.2 Å². The van der Waals surface area contributed by atoms with Crippen LogP contribution in [0.1, 0.15) is 18.3 Å². The normalized spacial score (nSPS) is 12.8. The highest BCUT2D eigenvalue weighted by molar-refractivity contribution is 8.00. The number of thioether (sulfide) groups is 1. The average Bonchev–Trinajstić information content (AvgIpc) is 2.90. The number of halogens is 4. The van der Waals surface area contributed by atoms with Gasteiger partial charge in [0.15, 0.2) is 0 Å². The second-order valence-corrected chi connectivity index (χ2v) is 6.41. The van der Waals surface area contributed by atoms with Gasteiger partial charge in [-0.05, 0) is 31.0 Å². The van der Waals surface area contributed by atoms with Crippen LogP contribution in [0.4, 0.5) is 17.6 Å². The molecule has 0 bridgehead atoms. The van der Waals surface area contributed by atoms with Gasteiger partial charge >= 0.3 is 6.18 Å². The molecule has 0 aliphatic carbocycles. The van der Waals surface area contributed by atoms with Crippen molar-refractivity contribution < 1.29 is 22.4 Å². The van der Waals surface area contributed by atoms with E-state index in [0.717, 1.165) is 17.3 Å². The van der Waals surface area contributed by atoms with E-state index in [9.17, 15) is 22.4 Å². The van der Waals surface area contributed by atoms with E-state index in [0.29, 0.717) is 17.6 Å². The van der Waals surface area contributed by atoms with E-state index in [1.807, 2.05) is 0 Å². The lowest BCUT2D eigenvalue weighted by molar-refractivity contribution is -0.146. The second kappa shape index (κ2) is 7.72. The van der Waals surface area contributed by atoms with Crippen LogP contribution in [0, 0.1) is 5.82 Å². The van der Waals surface area contributed by atoms with Crippen molar-refractivity contribution in [2.45, 2.75) is 29.9 Å². The minimum absolute atomic E-state index is 0.214. The van der Waals surface area contributed by atoms with Crippen molar-refractivity contribution in [2.75, 3.05) is 12.4 Å². The fourth-order valence-electron chi connectivity index (χ4n) is 1.89. The number of nitrogens with zero attached hydrogens (tertiary/aromatic N) is 3. The van der Waals surface area contributed by atoms with Gasteiger partial charge in [0, 0.05) is 6.54 Å². The highest BCUT2D eigenvalue weighted by Gasteiger charge is 2.38. The summed E-state index contributed by atoms with van der Waals surface area (Å²) in [4.78, 5) is 12.0. The third-order valence-electron chi connectivity index (χ3n) is 3.20. The Morgan fingerprint density at radius 2 is 1.96 bits per heavy atom. The van der Waals surface area contributed by atoms with Gasteiger partial charge in [0.25, 0.3) is 5.82 Å². The minimum Gasteiger partial charge on any atom is -0.355 e. The van der Waals surface area contributed by atoms with Crippen LogP contribution >= 0.6 is 11.8 Å². The number of carbonyl (C=O) groups is 1. The molecular formula is C14H15F4N5OS. The van der Waals surface area contributed by atoms with Gasteiger partial charge in [-0.25, -0.2) is 9.07 Å². The van der Waals surface area contributed by atoms with E-state index in [1.165, 1.54) is 19.1 Å². The quantitative estimate of drug-likeness (QED) is 0.457. The Morgan fingerprint density at radius 3 is 2.52 bits per heavy atom. The summed E-state index contributed by atoms with van der Waals surface area (Å²) in [6.45, 7) is 1.82. The molecule has 11 heteroatoms. The maximum absolute atomic E-state index is 12.8. The molecule has 0 spiro atoms. The van der Waals surface area contributed by atoms with Gasteiger partial charge < -0.3 is 11.2 Å². The molecule has 1 atom stereocenters. The molecule has 136 valence electrons. The van der Waals surface area contributed by atoms with Crippen molar-refractivity contribution in [3.63, 3.8) is 0 Å². The number of nitrogens with two attached hydrogens (primary N) is 1. The third-order valence-corrected chi connectivity index (χ3v) is 4.25. The van der Waals surface area contributed by atoms with Crippen molar-refractivity contribution >= 4 is 17.7 Å². The first-order valence-electron chi connectivity index (χ1n) is 7.15. The van der Waals surface area contributed by atoms with Crippen molar-refractivity contribution in [1.29, 1.82) is 0 Å². The van der Waals surface area contributed by atoms with Gasteiger partial charge in [-0.15, -0.1) is 10.2 Å². The van der Waals surface area contributed by atoms with Crippen LogP contribution in [0.5, 0.6) is 0 Å². The minimum atomic E-state index is -4.72. The number of rotatable bonds is 6. The van der Waals surface area contributed by atoms with E-state index >= 15 is 0 Å². The van der Waals surface area contributed by atoms with Gasteiger partial charge in [0.2, 0.25) is 11.1 Å². The van der Waals surface area contributed by atoms with Crippen molar-refractivity contribution in [3.8, 4) is 0 Å². The lowest BCUT2D eigenvalue weighted by Crippen LogP contribution is -2.33. The average molecular weight is 377 g/mol. The first-order chi connectivity index (χ1) is 11.7. The second-order valence-electron chi connectivity index (χ2n) is 5.10. The lowest BCUT2D eigenvalue weighted by atomic mass is 10.1.